The van der Waals surface area contributed by atoms with E-state index in [9.17, 15) is 4.79 Å². The molecule has 0 unspecified atom stereocenters. The molecule has 0 saturated heterocycles. The van der Waals surface area contributed by atoms with Crippen molar-refractivity contribution in [3.05, 3.63) is 86.1 Å². The fourth-order valence-electron chi connectivity index (χ4n) is 2.41. The van der Waals surface area contributed by atoms with Crippen LogP contribution in [0.1, 0.15) is 16.5 Å². The minimum absolute atomic E-state index is 0.0306. The number of carbonyl (C=O) groups is 1. The molecule has 2 aromatic carbocycles. The number of hydrogen-bond acceptors (Lipinski definition) is 3. The van der Waals surface area contributed by atoms with Crippen molar-refractivity contribution >= 4 is 45.5 Å². The van der Waals surface area contributed by atoms with E-state index in [-0.39, 0.29) is 18.5 Å². The van der Waals surface area contributed by atoms with Crippen LogP contribution in [0.4, 0.5) is 5.69 Å². The molecular weight excluding hydrogens is 431 g/mol. The number of hydrogen-bond donors (Lipinski definition) is 2. The molecule has 122 valence electrons. The van der Waals surface area contributed by atoms with E-state index in [0.29, 0.717) is 0 Å². The van der Waals surface area contributed by atoms with Gasteiger partial charge in [-0.3, -0.25) is 4.79 Å². The van der Waals surface area contributed by atoms with Gasteiger partial charge < -0.3 is 10.6 Å². The van der Waals surface area contributed by atoms with E-state index in [2.05, 4.69) is 39.3 Å². The number of amides is 1. The summed E-state index contributed by atoms with van der Waals surface area (Å²) in [5, 5.41) is 8.36. The SMILES string of the molecule is O=C(CNc1ccccc1I)N[C@H](c1ccccc1)c1cccs1. The van der Waals surface area contributed by atoms with Gasteiger partial charge in [-0.25, -0.2) is 0 Å². The predicted molar refractivity (Wildman–Crippen MR) is 108 cm³/mol. The molecular formula is C19H17IN2OS. The van der Waals surface area contributed by atoms with Crippen molar-refractivity contribution in [3.8, 4) is 0 Å². The second kappa shape index (κ2) is 8.30. The van der Waals surface area contributed by atoms with Crippen LogP contribution in [0.2, 0.25) is 0 Å². The Balaban J connectivity index is 1.69. The summed E-state index contributed by atoms with van der Waals surface area (Å²) in [7, 11) is 0. The summed E-state index contributed by atoms with van der Waals surface area (Å²) in [5.41, 5.74) is 2.06. The molecule has 0 radical (unpaired) electrons. The number of para-hydroxylation sites is 1. The normalized spacial score (nSPS) is 11.7. The van der Waals surface area contributed by atoms with Crippen LogP contribution in [0.5, 0.6) is 0 Å². The minimum Gasteiger partial charge on any atom is -0.375 e. The fourth-order valence-corrected chi connectivity index (χ4v) is 3.79. The molecule has 0 aliphatic rings. The first kappa shape index (κ1) is 17.0. The second-order valence-corrected chi connectivity index (χ2v) is 7.40. The minimum atomic E-state index is -0.115. The topological polar surface area (TPSA) is 41.1 Å². The highest BCUT2D eigenvalue weighted by Gasteiger charge is 2.17. The monoisotopic (exact) mass is 448 g/mol. The van der Waals surface area contributed by atoms with Gasteiger partial charge in [-0.1, -0.05) is 48.5 Å². The van der Waals surface area contributed by atoms with Gasteiger partial charge in [0, 0.05) is 14.1 Å². The van der Waals surface area contributed by atoms with Gasteiger partial charge in [-0.05, 0) is 51.7 Å². The van der Waals surface area contributed by atoms with Crippen LogP contribution < -0.4 is 10.6 Å². The van der Waals surface area contributed by atoms with Crippen molar-refractivity contribution in [2.45, 2.75) is 6.04 Å². The fraction of sp³-hybridized carbons (Fsp3) is 0.105. The summed E-state index contributed by atoms with van der Waals surface area (Å²) in [6, 6.07) is 21.9. The largest absolute Gasteiger partial charge is 0.375 e. The Bertz CT molecular complexity index is 790. The molecule has 0 fully saturated rings. The van der Waals surface area contributed by atoms with Crippen molar-refractivity contribution in [1.82, 2.24) is 5.32 Å². The molecule has 1 aromatic heterocycles. The van der Waals surface area contributed by atoms with E-state index in [4.69, 9.17) is 0 Å². The average molecular weight is 448 g/mol. The highest BCUT2D eigenvalue weighted by molar-refractivity contribution is 14.1. The number of benzene rings is 2. The Morgan fingerprint density at radius 2 is 1.75 bits per heavy atom. The molecule has 0 aliphatic heterocycles. The smallest absolute Gasteiger partial charge is 0.240 e. The lowest BCUT2D eigenvalue weighted by Crippen LogP contribution is -2.33. The van der Waals surface area contributed by atoms with E-state index >= 15 is 0 Å². The van der Waals surface area contributed by atoms with Crippen LogP contribution >= 0.6 is 33.9 Å². The number of nitrogens with one attached hydrogen (secondary N) is 2. The van der Waals surface area contributed by atoms with Crippen molar-refractivity contribution in [2.75, 3.05) is 11.9 Å². The van der Waals surface area contributed by atoms with Gasteiger partial charge in [0.2, 0.25) is 5.91 Å². The summed E-state index contributed by atoms with van der Waals surface area (Å²) in [4.78, 5) is 13.6. The quantitative estimate of drug-likeness (QED) is 0.539. The standard InChI is InChI=1S/C19H17IN2OS/c20-15-9-4-5-10-16(15)21-13-18(23)22-19(17-11-6-12-24-17)14-7-2-1-3-8-14/h1-12,19,21H,13H2,(H,22,23)/t19-/m1/s1. The maximum absolute atomic E-state index is 12.4. The molecule has 1 amide bonds. The van der Waals surface area contributed by atoms with Crippen molar-refractivity contribution < 1.29 is 4.79 Å². The lowest BCUT2D eigenvalue weighted by atomic mass is 10.1. The molecule has 0 bridgehead atoms. The third-order valence-corrected chi connectivity index (χ3v) is 5.46. The zero-order chi connectivity index (χ0) is 16.8. The van der Waals surface area contributed by atoms with Crippen LogP contribution in [-0.4, -0.2) is 12.5 Å². The highest BCUT2D eigenvalue weighted by Crippen LogP contribution is 2.25. The Morgan fingerprint density at radius 3 is 2.46 bits per heavy atom. The summed E-state index contributed by atoms with van der Waals surface area (Å²) in [6.07, 6.45) is 0. The molecule has 5 heteroatoms. The predicted octanol–water partition coefficient (Wildman–Crippen LogP) is 4.67. The first-order valence-electron chi connectivity index (χ1n) is 7.60. The maximum atomic E-state index is 12.4. The first-order valence-corrected chi connectivity index (χ1v) is 9.56. The summed E-state index contributed by atoms with van der Waals surface area (Å²) >= 11 is 3.91. The van der Waals surface area contributed by atoms with Crippen LogP contribution in [0.25, 0.3) is 0 Å². The third kappa shape index (κ3) is 4.36. The Morgan fingerprint density at radius 1 is 1.00 bits per heavy atom. The number of halogens is 1. The Labute approximate surface area is 159 Å². The van der Waals surface area contributed by atoms with Gasteiger partial charge in [0.15, 0.2) is 0 Å². The first-order chi connectivity index (χ1) is 11.7. The molecule has 3 aromatic rings. The van der Waals surface area contributed by atoms with Gasteiger partial charge in [0.25, 0.3) is 0 Å². The zero-order valence-electron chi connectivity index (χ0n) is 12.9. The summed E-state index contributed by atoms with van der Waals surface area (Å²) < 4.78 is 1.10. The maximum Gasteiger partial charge on any atom is 0.240 e. The molecule has 3 nitrogen and oxygen atoms in total. The van der Waals surface area contributed by atoms with Gasteiger partial charge in [0.1, 0.15) is 0 Å². The van der Waals surface area contributed by atoms with Crippen LogP contribution in [0, 0.1) is 3.57 Å². The second-order valence-electron chi connectivity index (χ2n) is 5.26. The molecule has 1 heterocycles. The number of carbonyl (C=O) groups excluding carboxylic acids is 1. The molecule has 24 heavy (non-hydrogen) atoms. The van der Waals surface area contributed by atoms with E-state index in [1.165, 1.54) is 0 Å². The van der Waals surface area contributed by atoms with Crippen LogP contribution in [-0.2, 0) is 4.79 Å². The molecule has 0 saturated carbocycles. The van der Waals surface area contributed by atoms with Crippen molar-refractivity contribution in [3.63, 3.8) is 0 Å². The average Bonchev–Trinajstić information content (AvgIpc) is 3.14. The number of rotatable bonds is 6. The molecule has 0 aliphatic carbocycles. The molecule has 1 atom stereocenters. The van der Waals surface area contributed by atoms with Crippen LogP contribution in [0.15, 0.2) is 72.1 Å². The molecule has 2 N–H and O–H groups in total. The Kier molecular flexibility index (Phi) is 5.87. The highest BCUT2D eigenvalue weighted by atomic mass is 127. The lowest BCUT2D eigenvalue weighted by Gasteiger charge is -2.18. The zero-order valence-corrected chi connectivity index (χ0v) is 15.9. The van der Waals surface area contributed by atoms with E-state index < -0.39 is 0 Å². The van der Waals surface area contributed by atoms with Gasteiger partial charge in [-0.2, -0.15) is 0 Å². The van der Waals surface area contributed by atoms with Crippen molar-refractivity contribution in [2.24, 2.45) is 0 Å². The van der Waals surface area contributed by atoms with Crippen LogP contribution in [0.3, 0.4) is 0 Å². The summed E-state index contributed by atoms with van der Waals surface area (Å²) in [6.45, 7) is 0.245. The van der Waals surface area contributed by atoms with Gasteiger partial charge >= 0.3 is 0 Å². The number of anilines is 1. The molecule has 3 rings (SSSR count). The molecule has 0 spiro atoms. The van der Waals surface area contributed by atoms with Gasteiger partial charge in [-0.15, -0.1) is 11.3 Å². The van der Waals surface area contributed by atoms with E-state index in [1.54, 1.807) is 11.3 Å². The van der Waals surface area contributed by atoms with E-state index in [1.807, 2.05) is 66.0 Å². The van der Waals surface area contributed by atoms with Crippen molar-refractivity contribution in [1.29, 1.82) is 0 Å². The van der Waals surface area contributed by atoms with E-state index in [0.717, 1.165) is 19.7 Å². The lowest BCUT2D eigenvalue weighted by molar-refractivity contribution is -0.119. The third-order valence-electron chi connectivity index (χ3n) is 3.58. The van der Waals surface area contributed by atoms with Gasteiger partial charge in [0.05, 0.1) is 12.6 Å². The summed E-state index contributed by atoms with van der Waals surface area (Å²) in [5.74, 6) is -0.0306. The number of thiophene rings is 1. The Hall–Kier alpha value is -1.86.